The van der Waals surface area contributed by atoms with Crippen LogP contribution in [0.15, 0.2) is 48.5 Å². The average Bonchev–Trinajstić information content (AvgIpc) is 2.73. The van der Waals surface area contributed by atoms with E-state index in [1.807, 2.05) is 38.1 Å². The first-order valence-electron chi connectivity index (χ1n) is 9.81. The molecule has 0 heterocycles. The maximum Gasteiger partial charge on any atom is 0.242 e. The predicted molar refractivity (Wildman–Crippen MR) is 111 cm³/mol. The van der Waals surface area contributed by atoms with Crippen LogP contribution < -0.4 is 10.1 Å². The van der Waals surface area contributed by atoms with Gasteiger partial charge in [0.15, 0.2) is 0 Å². The number of nitrogens with zero attached hydrogens (tertiary/aromatic N) is 1. The van der Waals surface area contributed by atoms with E-state index in [2.05, 4.69) is 5.32 Å². The van der Waals surface area contributed by atoms with Crippen molar-refractivity contribution in [3.05, 3.63) is 65.5 Å². The first kappa shape index (κ1) is 22.4. The number of carbonyl (C=O) groups is 2. The minimum absolute atomic E-state index is 0.0239. The zero-order valence-corrected chi connectivity index (χ0v) is 17.4. The molecular weight excluding hydrogens is 371 g/mol. The monoisotopic (exact) mass is 400 g/mol. The van der Waals surface area contributed by atoms with Crippen molar-refractivity contribution < 1.29 is 18.7 Å². The summed E-state index contributed by atoms with van der Waals surface area (Å²) in [5.41, 5.74) is 1.56. The van der Waals surface area contributed by atoms with E-state index >= 15 is 0 Å². The Morgan fingerprint density at radius 3 is 2.41 bits per heavy atom. The molecule has 0 aliphatic carbocycles. The van der Waals surface area contributed by atoms with E-state index in [1.165, 1.54) is 12.1 Å². The van der Waals surface area contributed by atoms with Crippen LogP contribution in [0.4, 0.5) is 4.39 Å². The van der Waals surface area contributed by atoms with Crippen LogP contribution in [-0.4, -0.2) is 35.9 Å². The summed E-state index contributed by atoms with van der Waals surface area (Å²) in [6.07, 6.45) is 0.892. The van der Waals surface area contributed by atoms with Crippen LogP contribution in [0.2, 0.25) is 0 Å². The van der Waals surface area contributed by atoms with E-state index in [0.29, 0.717) is 11.3 Å². The van der Waals surface area contributed by atoms with E-state index in [4.69, 9.17) is 4.74 Å². The first-order valence-corrected chi connectivity index (χ1v) is 9.81. The molecule has 0 spiro atoms. The number of ether oxygens (including phenoxy) is 1. The maximum atomic E-state index is 13.2. The summed E-state index contributed by atoms with van der Waals surface area (Å²) < 4.78 is 18.4. The van der Waals surface area contributed by atoms with Crippen LogP contribution >= 0.6 is 0 Å². The molecule has 0 fully saturated rings. The van der Waals surface area contributed by atoms with Gasteiger partial charge in [0.1, 0.15) is 17.6 Å². The van der Waals surface area contributed by atoms with Crippen LogP contribution in [0, 0.1) is 5.82 Å². The molecule has 156 valence electrons. The van der Waals surface area contributed by atoms with Gasteiger partial charge in [-0.05, 0) is 55.7 Å². The molecule has 2 rings (SSSR count). The van der Waals surface area contributed by atoms with Crippen molar-refractivity contribution in [1.29, 1.82) is 0 Å². The molecule has 0 saturated heterocycles. The molecule has 1 N–H and O–H groups in total. The molecular formula is C23H29FN2O3. The third kappa shape index (κ3) is 6.59. The fourth-order valence-corrected chi connectivity index (χ4v) is 2.89. The lowest BCUT2D eigenvalue weighted by atomic mass is 10.1. The standard InChI is InChI=1S/C23H29FN2O3/c1-5-16(2)25-23(28)17(3)26(15-19-7-6-8-21(13-19)29-4)22(27)14-18-9-11-20(24)12-10-18/h6-13,16-17H,5,14-15H2,1-4H3,(H,25,28)/t16-,17+/m1/s1. The molecule has 0 aromatic heterocycles. The van der Waals surface area contributed by atoms with Crippen molar-refractivity contribution >= 4 is 11.8 Å². The van der Waals surface area contributed by atoms with Crippen LogP contribution in [-0.2, 0) is 22.6 Å². The van der Waals surface area contributed by atoms with Gasteiger partial charge in [-0.2, -0.15) is 0 Å². The average molecular weight is 400 g/mol. The zero-order valence-electron chi connectivity index (χ0n) is 17.4. The molecule has 0 aliphatic rings. The Labute approximate surface area is 171 Å². The minimum Gasteiger partial charge on any atom is -0.497 e. The molecule has 2 aromatic rings. The van der Waals surface area contributed by atoms with Gasteiger partial charge in [-0.1, -0.05) is 31.2 Å². The highest BCUT2D eigenvalue weighted by Gasteiger charge is 2.27. The Morgan fingerprint density at radius 2 is 1.79 bits per heavy atom. The molecule has 5 nitrogen and oxygen atoms in total. The van der Waals surface area contributed by atoms with Crippen molar-refractivity contribution in [2.24, 2.45) is 0 Å². The third-order valence-electron chi connectivity index (χ3n) is 4.92. The van der Waals surface area contributed by atoms with Crippen LogP contribution in [0.3, 0.4) is 0 Å². The van der Waals surface area contributed by atoms with Crippen molar-refractivity contribution in [2.75, 3.05) is 7.11 Å². The minimum atomic E-state index is -0.650. The molecule has 0 saturated carbocycles. The lowest BCUT2D eigenvalue weighted by molar-refractivity contribution is -0.140. The van der Waals surface area contributed by atoms with E-state index in [0.717, 1.165) is 12.0 Å². The highest BCUT2D eigenvalue weighted by molar-refractivity contribution is 5.88. The Kier molecular flexibility index (Phi) is 8.19. The van der Waals surface area contributed by atoms with E-state index in [-0.39, 0.29) is 36.6 Å². The SMILES string of the molecule is CC[C@@H](C)NC(=O)[C@H](C)N(Cc1cccc(OC)c1)C(=O)Cc1ccc(F)cc1. The van der Waals surface area contributed by atoms with Gasteiger partial charge in [0, 0.05) is 12.6 Å². The number of halogens is 1. The Bertz CT molecular complexity index is 823. The van der Waals surface area contributed by atoms with Gasteiger partial charge in [-0.3, -0.25) is 9.59 Å². The van der Waals surface area contributed by atoms with Gasteiger partial charge in [-0.25, -0.2) is 4.39 Å². The Hall–Kier alpha value is -2.89. The zero-order chi connectivity index (χ0) is 21.4. The van der Waals surface area contributed by atoms with Gasteiger partial charge in [0.2, 0.25) is 11.8 Å². The fraction of sp³-hybridized carbons (Fsp3) is 0.391. The predicted octanol–water partition coefficient (Wildman–Crippen LogP) is 3.71. The molecule has 2 amide bonds. The molecule has 29 heavy (non-hydrogen) atoms. The summed E-state index contributed by atoms with van der Waals surface area (Å²) in [5, 5.41) is 2.94. The second kappa shape index (κ2) is 10.6. The topological polar surface area (TPSA) is 58.6 Å². The van der Waals surface area contributed by atoms with Crippen LogP contribution in [0.25, 0.3) is 0 Å². The normalized spacial score (nSPS) is 12.7. The molecule has 0 bridgehead atoms. The summed E-state index contributed by atoms with van der Waals surface area (Å²) in [6.45, 7) is 5.91. The summed E-state index contributed by atoms with van der Waals surface area (Å²) in [7, 11) is 1.58. The Morgan fingerprint density at radius 1 is 1.10 bits per heavy atom. The van der Waals surface area contributed by atoms with E-state index in [9.17, 15) is 14.0 Å². The number of methoxy groups -OCH3 is 1. The Balaban J connectivity index is 2.23. The quantitative estimate of drug-likeness (QED) is 0.698. The maximum absolute atomic E-state index is 13.2. The molecule has 2 aromatic carbocycles. The number of hydrogen-bond donors (Lipinski definition) is 1. The molecule has 0 aliphatic heterocycles. The number of amides is 2. The summed E-state index contributed by atoms with van der Waals surface area (Å²) >= 11 is 0. The molecule has 2 atom stereocenters. The third-order valence-corrected chi connectivity index (χ3v) is 4.92. The van der Waals surface area contributed by atoms with Crippen LogP contribution in [0.5, 0.6) is 5.75 Å². The fourth-order valence-electron chi connectivity index (χ4n) is 2.89. The molecule has 6 heteroatoms. The lowest BCUT2D eigenvalue weighted by Gasteiger charge is -2.30. The summed E-state index contributed by atoms with van der Waals surface area (Å²) in [5.74, 6) is -0.0678. The number of nitrogens with one attached hydrogen (secondary N) is 1. The van der Waals surface area contributed by atoms with Crippen molar-refractivity contribution in [2.45, 2.75) is 52.2 Å². The first-order chi connectivity index (χ1) is 13.8. The molecule has 0 unspecified atom stereocenters. The van der Waals surface area contributed by atoms with Crippen LogP contribution in [0.1, 0.15) is 38.3 Å². The number of carbonyl (C=O) groups excluding carboxylic acids is 2. The number of hydrogen-bond acceptors (Lipinski definition) is 3. The van der Waals surface area contributed by atoms with E-state index < -0.39 is 6.04 Å². The smallest absolute Gasteiger partial charge is 0.242 e. The van der Waals surface area contributed by atoms with Crippen molar-refractivity contribution in [3.63, 3.8) is 0 Å². The highest BCUT2D eigenvalue weighted by Crippen LogP contribution is 2.17. The van der Waals surface area contributed by atoms with Gasteiger partial charge in [0.25, 0.3) is 0 Å². The van der Waals surface area contributed by atoms with Crippen molar-refractivity contribution in [3.8, 4) is 5.75 Å². The highest BCUT2D eigenvalue weighted by atomic mass is 19.1. The lowest BCUT2D eigenvalue weighted by Crippen LogP contribution is -2.49. The van der Waals surface area contributed by atoms with Gasteiger partial charge in [0.05, 0.1) is 13.5 Å². The number of rotatable bonds is 9. The van der Waals surface area contributed by atoms with Gasteiger partial charge < -0.3 is 15.0 Å². The molecule has 0 radical (unpaired) electrons. The van der Waals surface area contributed by atoms with Crippen molar-refractivity contribution in [1.82, 2.24) is 10.2 Å². The summed E-state index contributed by atoms with van der Waals surface area (Å²) in [6, 6.07) is 12.6. The second-order valence-corrected chi connectivity index (χ2v) is 7.17. The second-order valence-electron chi connectivity index (χ2n) is 7.17. The van der Waals surface area contributed by atoms with Gasteiger partial charge >= 0.3 is 0 Å². The largest absolute Gasteiger partial charge is 0.497 e. The van der Waals surface area contributed by atoms with Gasteiger partial charge in [-0.15, -0.1) is 0 Å². The van der Waals surface area contributed by atoms with E-state index in [1.54, 1.807) is 31.1 Å². The number of benzene rings is 2. The summed E-state index contributed by atoms with van der Waals surface area (Å²) in [4.78, 5) is 27.3.